The minimum Gasteiger partial charge on any atom is -0.310 e. The molecule has 1 heterocycles. The van der Waals surface area contributed by atoms with Crippen LogP contribution in [0.25, 0.3) is 0 Å². The zero-order chi connectivity index (χ0) is 6.69. The van der Waals surface area contributed by atoms with Gasteiger partial charge in [0.15, 0.2) is 0 Å². The summed E-state index contributed by atoms with van der Waals surface area (Å²) in [4.78, 5) is 0. The number of nitrogens with one attached hydrogen (secondary N) is 2. The van der Waals surface area contributed by atoms with Gasteiger partial charge in [0.25, 0.3) is 0 Å². The van der Waals surface area contributed by atoms with Crippen LogP contribution in [0, 0.1) is 11.3 Å². The van der Waals surface area contributed by atoms with Crippen LogP contribution in [0.2, 0.25) is 0 Å². The molecule has 3 heteroatoms. The molecule has 0 aliphatic carbocycles. The van der Waals surface area contributed by atoms with Gasteiger partial charge < -0.3 is 5.32 Å². The summed E-state index contributed by atoms with van der Waals surface area (Å²) in [5.74, 6) is 0. The second kappa shape index (κ2) is 2.81. The number of piperazine rings is 1. The summed E-state index contributed by atoms with van der Waals surface area (Å²) in [5.41, 5.74) is 0. The SMILES string of the molecule is C[C@@H]1CNC(C#N)CN1. The van der Waals surface area contributed by atoms with Crippen molar-refractivity contribution in [3.63, 3.8) is 0 Å². The average molecular weight is 125 g/mol. The first-order valence-electron chi connectivity index (χ1n) is 3.19. The van der Waals surface area contributed by atoms with Crippen LogP contribution in [-0.2, 0) is 0 Å². The van der Waals surface area contributed by atoms with Crippen molar-refractivity contribution in [2.45, 2.75) is 19.0 Å². The molecule has 0 aromatic carbocycles. The molecular formula is C6H11N3. The van der Waals surface area contributed by atoms with Gasteiger partial charge in [-0.25, -0.2) is 0 Å². The molecule has 0 aromatic rings. The Morgan fingerprint density at radius 1 is 1.44 bits per heavy atom. The highest BCUT2D eigenvalue weighted by atomic mass is 15.1. The van der Waals surface area contributed by atoms with Gasteiger partial charge in [0.05, 0.1) is 6.07 Å². The number of nitrogens with zero attached hydrogens (tertiary/aromatic N) is 1. The maximum atomic E-state index is 8.42. The molecular weight excluding hydrogens is 114 g/mol. The minimum absolute atomic E-state index is 0.0150. The Hall–Kier alpha value is -0.590. The Balaban J connectivity index is 2.28. The van der Waals surface area contributed by atoms with Crippen LogP contribution in [0.15, 0.2) is 0 Å². The van der Waals surface area contributed by atoms with E-state index in [9.17, 15) is 0 Å². The molecule has 0 bridgehead atoms. The molecule has 1 aliphatic rings. The third kappa shape index (κ3) is 1.67. The smallest absolute Gasteiger partial charge is 0.108 e. The van der Waals surface area contributed by atoms with Crippen molar-refractivity contribution in [3.05, 3.63) is 0 Å². The summed E-state index contributed by atoms with van der Waals surface area (Å²) >= 11 is 0. The normalized spacial score (nSPS) is 35.6. The van der Waals surface area contributed by atoms with Crippen LogP contribution in [0.3, 0.4) is 0 Å². The highest BCUT2D eigenvalue weighted by Crippen LogP contribution is 1.89. The molecule has 9 heavy (non-hydrogen) atoms. The minimum atomic E-state index is 0.0150. The lowest BCUT2D eigenvalue weighted by Gasteiger charge is -2.24. The first kappa shape index (κ1) is 6.53. The third-order valence-electron chi connectivity index (χ3n) is 1.50. The number of nitriles is 1. The predicted molar refractivity (Wildman–Crippen MR) is 34.9 cm³/mol. The second-order valence-corrected chi connectivity index (χ2v) is 2.40. The van der Waals surface area contributed by atoms with Gasteiger partial charge in [0, 0.05) is 19.1 Å². The number of hydrogen-bond acceptors (Lipinski definition) is 3. The molecule has 1 saturated heterocycles. The molecule has 2 N–H and O–H groups in total. The fourth-order valence-electron chi connectivity index (χ4n) is 0.874. The van der Waals surface area contributed by atoms with Crippen molar-refractivity contribution in [2.75, 3.05) is 13.1 Å². The topological polar surface area (TPSA) is 47.9 Å². The van der Waals surface area contributed by atoms with Crippen LogP contribution >= 0.6 is 0 Å². The van der Waals surface area contributed by atoms with Gasteiger partial charge in [-0.15, -0.1) is 0 Å². The molecule has 1 rings (SSSR count). The molecule has 50 valence electrons. The van der Waals surface area contributed by atoms with Crippen molar-refractivity contribution < 1.29 is 0 Å². The molecule has 1 aliphatic heterocycles. The van der Waals surface area contributed by atoms with Crippen molar-refractivity contribution in [2.24, 2.45) is 0 Å². The molecule has 0 spiro atoms. The molecule has 1 fully saturated rings. The second-order valence-electron chi connectivity index (χ2n) is 2.40. The van der Waals surface area contributed by atoms with E-state index in [1.54, 1.807) is 0 Å². The summed E-state index contributed by atoms with van der Waals surface area (Å²) in [6.45, 7) is 3.77. The van der Waals surface area contributed by atoms with Crippen molar-refractivity contribution >= 4 is 0 Å². The highest BCUT2D eigenvalue weighted by molar-refractivity contribution is 4.95. The molecule has 3 nitrogen and oxygen atoms in total. The van der Waals surface area contributed by atoms with Gasteiger partial charge in [0.2, 0.25) is 0 Å². The van der Waals surface area contributed by atoms with E-state index >= 15 is 0 Å². The summed E-state index contributed by atoms with van der Waals surface area (Å²) in [5, 5.41) is 14.7. The molecule has 0 amide bonds. The maximum Gasteiger partial charge on any atom is 0.108 e. The summed E-state index contributed by atoms with van der Waals surface area (Å²) in [7, 11) is 0. The zero-order valence-electron chi connectivity index (χ0n) is 5.52. The lowest BCUT2D eigenvalue weighted by molar-refractivity contribution is 0.402. The lowest BCUT2D eigenvalue weighted by atomic mass is 10.2. The molecule has 0 aromatic heterocycles. The monoisotopic (exact) mass is 125 g/mol. The first-order chi connectivity index (χ1) is 4.33. The Bertz CT molecular complexity index is 119. The van der Waals surface area contributed by atoms with Gasteiger partial charge in [-0.3, -0.25) is 5.32 Å². The average Bonchev–Trinajstić information content (AvgIpc) is 1.90. The summed E-state index contributed by atoms with van der Waals surface area (Å²) in [6, 6.07) is 2.67. The van der Waals surface area contributed by atoms with E-state index in [4.69, 9.17) is 5.26 Å². The Morgan fingerprint density at radius 2 is 2.22 bits per heavy atom. The fourth-order valence-corrected chi connectivity index (χ4v) is 0.874. The highest BCUT2D eigenvalue weighted by Gasteiger charge is 2.14. The fraction of sp³-hybridized carbons (Fsp3) is 0.833. The molecule has 0 saturated carbocycles. The van der Waals surface area contributed by atoms with E-state index in [1.807, 2.05) is 0 Å². The Morgan fingerprint density at radius 3 is 2.67 bits per heavy atom. The molecule has 0 radical (unpaired) electrons. The van der Waals surface area contributed by atoms with Gasteiger partial charge >= 0.3 is 0 Å². The van der Waals surface area contributed by atoms with Gasteiger partial charge in [0.1, 0.15) is 6.04 Å². The first-order valence-corrected chi connectivity index (χ1v) is 3.19. The maximum absolute atomic E-state index is 8.42. The largest absolute Gasteiger partial charge is 0.310 e. The van der Waals surface area contributed by atoms with Gasteiger partial charge in [-0.1, -0.05) is 0 Å². The van der Waals surface area contributed by atoms with Crippen LogP contribution < -0.4 is 10.6 Å². The van der Waals surface area contributed by atoms with Crippen LogP contribution in [0.4, 0.5) is 0 Å². The summed E-state index contributed by atoms with van der Waals surface area (Å²) in [6.07, 6.45) is 0. The predicted octanol–water partition coefficient (Wildman–Crippen LogP) is -0.540. The van der Waals surface area contributed by atoms with E-state index in [-0.39, 0.29) is 6.04 Å². The zero-order valence-corrected chi connectivity index (χ0v) is 5.52. The van der Waals surface area contributed by atoms with Crippen molar-refractivity contribution in [1.29, 1.82) is 5.26 Å². The van der Waals surface area contributed by atoms with E-state index in [0.717, 1.165) is 13.1 Å². The van der Waals surface area contributed by atoms with Crippen molar-refractivity contribution in [3.8, 4) is 6.07 Å². The van der Waals surface area contributed by atoms with Crippen molar-refractivity contribution in [1.82, 2.24) is 10.6 Å². The standard InChI is InChI=1S/C6H11N3/c1-5-3-9-6(2-7)4-8-5/h5-6,8-9H,3-4H2,1H3/t5-,6?/m1/s1. The molecule has 2 atom stereocenters. The van der Waals surface area contributed by atoms with Crippen LogP contribution in [0.5, 0.6) is 0 Å². The molecule has 1 unspecified atom stereocenters. The number of hydrogen-bond donors (Lipinski definition) is 2. The Labute approximate surface area is 55.1 Å². The summed E-state index contributed by atoms with van der Waals surface area (Å²) < 4.78 is 0. The van der Waals surface area contributed by atoms with E-state index in [1.165, 1.54) is 0 Å². The van der Waals surface area contributed by atoms with E-state index in [0.29, 0.717) is 6.04 Å². The Kier molecular flexibility index (Phi) is 2.04. The van der Waals surface area contributed by atoms with E-state index in [2.05, 4.69) is 23.6 Å². The van der Waals surface area contributed by atoms with Crippen LogP contribution in [0.1, 0.15) is 6.92 Å². The van der Waals surface area contributed by atoms with E-state index < -0.39 is 0 Å². The lowest BCUT2D eigenvalue weighted by Crippen LogP contribution is -2.52. The van der Waals surface area contributed by atoms with Crippen LogP contribution in [-0.4, -0.2) is 25.2 Å². The van der Waals surface area contributed by atoms with Gasteiger partial charge in [-0.2, -0.15) is 5.26 Å². The number of rotatable bonds is 0. The third-order valence-corrected chi connectivity index (χ3v) is 1.50. The van der Waals surface area contributed by atoms with Gasteiger partial charge in [-0.05, 0) is 6.92 Å². The quantitative estimate of drug-likeness (QED) is 0.457.